The van der Waals surface area contributed by atoms with E-state index in [-0.39, 0.29) is 19.4 Å². The second-order valence-electron chi connectivity index (χ2n) is 18.3. The largest absolute Gasteiger partial charge is 0.479 e. The number of aliphatic carboxylic acids is 1. The summed E-state index contributed by atoms with van der Waals surface area (Å²) >= 11 is 0. The smallest absolute Gasteiger partial charge is 0.335 e. The van der Waals surface area contributed by atoms with Crippen molar-refractivity contribution in [3.63, 3.8) is 0 Å². The van der Waals surface area contributed by atoms with Gasteiger partial charge in [0, 0.05) is 12.8 Å². The first kappa shape index (κ1) is 64.1. The molecule has 1 fully saturated rings. The zero-order valence-electron chi connectivity index (χ0n) is 43.5. The monoisotopic (exact) mass is 981 g/mol. The summed E-state index contributed by atoms with van der Waals surface area (Å²) in [7, 11) is 0. The van der Waals surface area contributed by atoms with Crippen molar-refractivity contribution in [1.82, 2.24) is 0 Å². The Morgan fingerprint density at radius 2 is 0.800 bits per heavy atom. The van der Waals surface area contributed by atoms with Crippen molar-refractivity contribution in [2.75, 3.05) is 13.2 Å². The van der Waals surface area contributed by atoms with Crippen molar-refractivity contribution in [2.24, 2.45) is 0 Å². The number of allylic oxidation sites excluding steroid dienone is 16. The molecule has 0 bridgehead atoms. The van der Waals surface area contributed by atoms with E-state index in [1.165, 1.54) is 57.8 Å². The first-order valence-electron chi connectivity index (χ1n) is 27.3. The lowest BCUT2D eigenvalue weighted by Crippen LogP contribution is -2.60. The van der Waals surface area contributed by atoms with Crippen molar-refractivity contribution >= 4 is 17.9 Å². The maximum Gasteiger partial charge on any atom is 0.335 e. The highest BCUT2D eigenvalue weighted by atomic mass is 16.7. The first-order chi connectivity index (χ1) is 34.2. The van der Waals surface area contributed by atoms with Gasteiger partial charge in [-0.15, -0.1) is 0 Å². The van der Waals surface area contributed by atoms with Crippen molar-refractivity contribution in [1.29, 1.82) is 0 Å². The summed E-state index contributed by atoms with van der Waals surface area (Å²) in [5, 5.41) is 40.0. The van der Waals surface area contributed by atoms with Crippen LogP contribution < -0.4 is 0 Å². The van der Waals surface area contributed by atoms with E-state index in [1.54, 1.807) is 0 Å². The van der Waals surface area contributed by atoms with Gasteiger partial charge in [-0.2, -0.15) is 0 Å². The average molecular weight is 981 g/mol. The molecule has 0 spiro atoms. The van der Waals surface area contributed by atoms with Crippen LogP contribution in [0.25, 0.3) is 0 Å². The molecule has 0 saturated carbocycles. The summed E-state index contributed by atoms with van der Waals surface area (Å²) in [5.74, 6) is -2.47. The Morgan fingerprint density at radius 3 is 1.20 bits per heavy atom. The zero-order chi connectivity index (χ0) is 51.0. The molecule has 1 heterocycles. The Labute approximate surface area is 423 Å². The van der Waals surface area contributed by atoms with Gasteiger partial charge in [0.15, 0.2) is 18.5 Å². The number of ether oxygens (including phenoxy) is 4. The lowest BCUT2D eigenvalue weighted by molar-refractivity contribution is -0.298. The van der Waals surface area contributed by atoms with Gasteiger partial charge in [0.2, 0.25) is 0 Å². The Hall–Kier alpha value is -3.87. The molecule has 398 valence electrons. The minimum atomic E-state index is -1.87. The standard InChI is InChI=1S/C59H96O11/c1-3-5-7-9-11-13-15-17-19-21-23-25-26-28-29-31-33-35-37-39-41-43-45-47-52(60)67-49-51(50-68-59-56(64)54(62)55(63)57(70-59)58(65)66)69-53(61)48-46-44-42-40-38-36-34-32-30-27-24-22-20-18-16-14-12-10-8-6-4-2/h5-8,11-14,17-20,23-25,27,51,54-57,59,62-64H,3-4,9-10,15-16,21-22,26,28-50H2,1-2H3,(H,65,66)/b7-5-,8-6-,13-11-,14-12-,19-17-,20-18-,25-23-,27-24-. The predicted molar refractivity (Wildman–Crippen MR) is 284 cm³/mol. The van der Waals surface area contributed by atoms with E-state index < -0.39 is 61.3 Å². The van der Waals surface area contributed by atoms with Gasteiger partial charge < -0.3 is 39.4 Å². The van der Waals surface area contributed by atoms with Crippen LogP contribution in [0.1, 0.15) is 206 Å². The molecule has 4 N–H and O–H groups in total. The van der Waals surface area contributed by atoms with Crippen LogP contribution in [-0.2, 0) is 33.3 Å². The lowest BCUT2D eigenvalue weighted by atomic mass is 9.99. The van der Waals surface area contributed by atoms with Gasteiger partial charge in [0.25, 0.3) is 0 Å². The van der Waals surface area contributed by atoms with Crippen LogP contribution in [0.2, 0.25) is 0 Å². The van der Waals surface area contributed by atoms with E-state index in [0.717, 1.165) is 109 Å². The van der Waals surface area contributed by atoms with Crippen LogP contribution in [0.15, 0.2) is 97.2 Å². The highest BCUT2D eigenvalue weighted by Crippen LogP contribution is 2.23. The van der Waals surface area contributed by atoms with E-state index in [4.69, 9.17) is 18.9 Å². The predicted octanol–water partition coefficient (Wildman–Crippen LogP) is 13.5. The number of esters is 2. The number of carbonyl (C=O) groups excluding carboxylic acids is 2. The lowest BCUT2D eigenvalue weighted by Gasteiger charge is -2.38. The molecule has 1 aliphatic heterocycles. The zero-order valence-corrected chi connectivity index (χ0v) is 43.5. The molecule has 0 aliphatic carbocycles. The molecule has 1 aliphatic rings. The molecule has 0 amide bonds. The number of aliphatic hydroxyl groups excluding tert-OH is 3. The van der Waals surface area contributed by atoms with E-state index in [2.05, 4.69) is 111 Å². The molecule has 0 aromatic rings. The molecule has 1 saturated heterocycles. The SMILES string of the molecule is CC/C=C\C/C=C\C/C=C\C/C=C\CCCCCCCCCCCCC(=O)OCC(COC1OC(C(=O)O)C(O)C(O)C1O)OC(=O)CCCCCCCCCC/C=C\C/C=C\C/C=C\C/C=C\CC. The van der Waals surface area contributed by atoms with Crippen LogP contribution >= 0.6 is 0 Å². The van der Waals surface area contributed by atoms with Gasteiger partial charge in [-0.25, -0.2) is 4.79 Å². The van der Waals surface area contributed by atoms with E-state index in [1.807, 2.05) is 0 Å². The van der Waals surface area contributed by atoms with Crippen molar-refractivity contribution in [3.8, 4) is 0 Å². The summed E-state index contributed by atoms with van der Waals surface area (Å²) in [5.41, 5.74) is 0. The molecule has 0 aromatic heterocycles. The fraction of sp³-hybridized carbons (Fsp3) is 0.678. The number of aliphatic hydroxyl groups is 3. The number of carboxylic acids is 1. The highest BCUT2D eigenvalue weighted by Gasteiger charge is 2.47. The minimum Gasteiger partial charge on any atom is -0.479 e. The number of carboxylic acid groups (broad SMARTS) is 1. The van der Waals surface area contributed by atoms with Gasteiger partial charge >= 0.3 is 17.9 Å². The normalized spacial score (nSPS) is 19.5. The second kappa shape index (κ2) is 47.5. The van der Waals surface area contributed by atoms with Gasteiger partial charge in [-0.1, -0.05) is 201 Å². The van der Waals surface area contributed by atoms with Gasteiger partial charge in [-0.3, -0.25) is 9.59 Å². The third-order valence-corrected chi connectivity index (χ3v) is 11.9. The first-order valence-corrected chi connectivity index (χ1v) is 27.3. The number of rotatable bonds is 45. The Bertz CT molecular complexity index is 1520. The van der Waals surface area contributed by atoms with Gasteiger partial charge in [-0.05, 0) is 89.9 Å². The molecule has 6 unspecified atom stereocenters. The average Bonchev–Trinajstić information content (AvgIpc) is 3.35. The Morgan fingerprint density at radius 1 is 0.443 bits per heavy atom. The summed E-state index contributed by atoms with van der Waals surface area (Å²) in [6.07, 6.45) is 55.9. The molecule has 11 heteroatoms. The van der Waals surface area contributed by atoms with Crippen LogP contribution in [-0.4, -0.2) is 88.4 Å². The second-order valence-corrected chi connectivity index (χ2v) is 18.3. The van der Waals surface area contributed by atoms with Gasteiger partial charge in [0.05, 0.1) is 6.61 Å². The fourth-order valence-corrected chi connectivity index (χ4v) is 7.74. The summed E-state index contributed by atoms with van der Waals surface area (Å²) < 4.78 is 21.9. The molecule has 1 rings (SSSR count). The van der Waals surface area contributed by atoms with Gasteiger partial charge in [0.1, 0.15) is 24.9 Å². The highest BCUT2D eigenvalue weighted by molar-refractivity contribution is 5.73. The molecule has 70 heavy (non-hydrogen) atoms. The van der Waals surface area contributed by atoms with E-state index in [9.17, 15) is 34.8 Å². The van der Waals surface area contributed by atoms with Crippen LogP contribution in [0.4, 0.5) is 0 Å². The molecule has 0 aromatic carbocycles. The molecule has 6 atom stereocenters. The number of hydrogen-bond acceptors (Lipinski definition) is 10. The fourth-order valence-electron chi connectivity index (χ4n) is 7.74. The maximum atomic E-state index is 12.9. The molecule has 11 nitrogen and oxygen atoms in total. The third-order valence-electron chi connectivity index (χ3n) is 11.9. The van der Waals surface area contributed by atoms with E-state index in [0.29, 0.717) is 12.8 Å². The minimum absolute atomic E-state index is 0.167. The van der Waals surface area contributed by atoms with E-state index >= 15 is 0 Å². The molecule has 0 radical (unpaired) electrons. The Kier molecular flexibility index (Phi) is 43.5. The maximum absolute atomic E-state index is 12.9. The van der Waals surface area contributed by atoms with Crippen molar-refractivity contribution in [2.45, 2.75) is 243 Å². The van der Waals surface area contributed by atoms with Crippen LogP contribution in [0.5, 0.6) is 0 Å². The van der Waals surface area contributed by atoms with Crippen molar-refractivity contribution < 1.29 is 53.8 Å². The quantitative estimate of drug-likeness (QED) is 0.0260. The van der Waals surface area contributed by atoms with Crippen LogP contribution in [0.3, 0.4) is 0 Å². The summed E-state index contributed by atoms with van der Waals surface area (Å²) in [4.78, 5) is 37.1. The molecular weight excluding hydrogens is 885 g/mol. The van der Waals surface area contributed by atoms with Crippen LogP contribution in [0, 0.1) is 0 Å². The number of hydrogen-bond donors (Lipinski definition) is 4. The third kappa shape index (κ3) is 37.9. The Balaban J connectivity index is 2.28. The topological polar surface area (TPSA) is 169 Å². The summed E-state index contributed by atoms with van der Waals surface area (Å²) in [6.45, 7) is 3.60. The molecular formula is C59H96O11. The number of unbranched alkanes of at least 4 members (excludes halogenated alkanes) is 18. The summed E-state index contributed by atoms with van der Waals surface area (Å²) in [6, 6.07) is 0. The van der Waals surface area contributed by atoms with Crippen molar-refractivity contribution in [3.05, 3.63) is 97.2 Å². The number of carbonyl (C=O) groups is 3.